The molecular formula is C13H15NO4. The van der Waals surface area contributed by atoms with Crippen LogP contribution in [-0.2, 0) is 16.1 Å². The van der Waals surface area contributed by atoms with E-state index >= 15 is 0 Å². The third kappa shape index (κ3) is 2.26. The van der Waals surface area contributed by atoms with Crippen molar-refractivity contribution in [2.45, 2.75) is 13.0 Å². The number of fused-ring (bicyclic) bond motifs is 1. The molecule has 0 saturated carbocycles. The number of carbonyl (C=O) groups excluding carboxylic acids is 1. The van der Waals surface area contributed by atoms with Crippen LogP contribution in [0.25, 0.3) is 0 Å². The molecular weight excluding hydrogens is 234 g/mol. The van der Waals surface area contributed by atoms with E-state index in [2.05, 4.69) is 5.32 Å². The van der Waals surface area contributed by atoms with Gasteiger partial charge in [0.1, 0.15) is 0 Å². The average molecular weight is 249 g/mol. The highest BCUT2D eigenvalue weighted by molar-refractivity contribution is 5.79. The van der Waals surface area contributed by atoms with Crippen molar-refractivity contribution in [3.63, 3.8) is 0 Å². The first-order chi connectivity index (χ1) is 8.83. The molecule has 2 aliphatic heterocycles. The van der Waals surface area contributed by atoms with Crippen molar-refractivity contribution in [2.24, 2.45) is 5.92 Å². The molecule has 1 aromatic carbocycles. The largest absolute Gasteiger partial charge is 0.454 e. The smallest absolute Gasteiger partial charge is 0.231 e. The Bertz CT molecular complexity index is 454. The molecule has 1 N–H and O–H groups in total. The third-order valence-electron chi connectivity index (χ3n) is 3.20. The topological polar surface area (TPSA) is 56.8 Å². The fraction of sp³-hybridized carbons (Fsp3) is 0.462. The van der Waals surface area contributed by atoms with Gasteiger partial charge in [-0.05, 0) is 24.1 Å². The number of benzene rings is 1. The van der Waals surface area contributed by atoms with Gasteiger partial charge in [0.2, 0.25) is 12.7 Å². The van der Waals surface area contributed by atoms with E-state index in [0.717, 1.165) is 23.5 Å². The van der Waals surface area contributed by atoms with E-state index in [1.807, 2.05) is 18.2 Å². The fourth-order valence-electron chi connectivity index (χ4n) is 2.13. The molecule has 2 heterocycles. The van der Waals surface area contributed by atoms with Crippen molar-refractivity contribution in [1.29, 1.82) is 0 Å². The Hall–Kier alpha value is -1.75. The molecule has 1 fully saturated rings. The van der Waals surface area contributed by atoms with Crippen molar-refractivity contribution in [1.82, 2.24) is 5.32 Å². The monoisotopic (exact) mass is 249 g/mol. The molecule has 0 bridgehead atoms. The average Bonchev–Trinajstić information content (AvgIpc) is 3.05. The summed E-state index contributed by atoms with van der Waals surface area (Å²) in [4.78, 5) is 11.8. The van der Waals surface area contributed by atoms with Crippen LogP contribution < -0.4 is 14.8 Å². The van der Waals surface area contributed by atoms with E-state index < -0.39 is 0 Å². The van der Waals surface area contributed by atoms with Crippen LogP contribution in [0, 0.1) is 5.92 Å². The Labute approximate surface area is 105 Å². The summed E-state index contributed by atoms with van der Waals surface area (Å²) in [5, 5.41) is 2.92. The van der Waals surface area contributed by atoms with Gasteiger partial charge in [-0.15, -0.1) is 0 Å². The van der Waals surface area contributed by atoms with Crippen LogP contribution in [0.5, 0.6) is 11.5 Å². The number of hydrogen-bond acceptors (Lipinski definition) is 4. The maximum atomic E-state index is 11.8. The predicted octanol–water partition coefficient (Wildman–Crippen LogP) is 1.07. The molecule has 1 atom stereocenters. The van der Waals surface area contributed by atoms with Gasteiger partial charge in [-0.1, -0.05) is 6.07 Å². The van der Waals surface area contributed by atoms with E-state index in [1.54, 1.807) is 0 Å². The van der Waals surface area contributed by atoms with Gasteiger partial charge >= 0.3 is 0 Å². The van der Waals surface area contributed by atoms with E-state index in [9.17, 15) is 4.79 Å². The van der Waals surface area contributed by atoms with Crippen molar-refractivity contribution in [3.8, 4) is 11.5 Å². The molecule has 1 aromatic rings. The van der Waals surface area contributed by atoms with Crippen molar-refractivity contribution in [3.05, 3.63) is 23.8 Å². The summed E-state index contributed by atoms with van der Waals surface area (Å²) in [7, 11) is 0. The van der Waals surface area contributed by atoms with Gasteiger partial charge in [0.15, 0.2) is 11.5 Å². The summed E-state index contributed by atoms with van der Waals surface area (Å²) in [5.41, 5.74) is 1.01. The Morgan fingerprint density at radius 1 is 1.33 bits per heavy atom. The minimum Gasteiger partial charge on any atom is -0.454 e. The van der Waals surface area contributed by atoms with Crippen LogP contribution in [0.1, 0.15) is 12.0 Å². The molecule has 0 aliphatic carbocycles. The Kier molecular flexibility index (Phi) is 3.06. The van der Waals surface area contributed by atoms with Gasteiger partial charge in [-0.2, -0.15) is 0 Å². The molecule has 0 spiro atoms. The lowest BCUT2D eigenvalue weighted by molar-refractivity contribution is -0.125. The minimum absolute atomic E-state index is 0.000916. The quantitative estimate of drug-likeness (QED) is 0.870. The lowest BCUT2D eigenvalue weighted by Crippen LogP contribution is -2.30. The van der Waals surface area contributed by atoms with Gasteiger partial charge in [0.25, 0.3) is 0 Å². The minimum atomic E-state index is -0.000916. The number of amides is 1. The summed E-state index contributed by atoms with van der Waals surface area (Å²) < 4.78 is 15.7. The SMILES string of the molecule is O=C(NCc1ccc2c(c1)OCO2)C1CCOC1. The maximum Gasteiger partial charge on any atom is 0.231 e. The van der Waals surface area contributed by atoms with E-state index in [-0.39, 0.29) is 18.6 Å². The number of nitrogens with one attached hydrogen (secondary N) is 1. The molecule has 18 heavy (non-hydrogen) atoms. The van der Waals surface area contributed by atoms with Gasteiger partial charge < -0.3 is 19.5 Å². The van der Waals surface area contributed by atoms with Crippen LogP contribution >= 0.6 is 0 Å². The Morgan fingerprint density at radius 2 is 2.22 bits per heavy atom. The second-order valence-electron chi connectivity index (χ2n) is 4.47. The number of carbonyl (C=O) groups is 1. The second kappa shape index (κ2) is 4.86. The Morgan fingerprint density at radius 3 is 3.06 bits per heavy atom. The molecule has 3 rings (SSSR count). The standard InChI is InChI=1S/C13H15NO4/c15-13(10-3-4-16-7-10)14-6-9-1-2-11-12(5-9)18-8-17-11/h1-2,5,10H,3-4,6-8H2,(H,14,15). The summed E-state index contributed by atoms with van der Waals surface area (Å²) in [6.45, 7) is 1.99. The normalized spacial score (nSPS) is 21.0. The number of rotatable bonds is 3. The van der Waals surface area contributed by atoms with Gasteiger partial charge in [-0.3, -0.25) is 4.79 Å². The first kappa shape index (κ1) is 11.3. The van der Waals surface area contributed by atoms with Gasteiger partial charge in [-0.25, -0.2) is 0 Å². The molecule has 0 aromatic heterocycles. The molecule has 5 heteroatoms. The number of ether oxygens (including phenoxy) is 3. The van der Waals surface area contributed by atoms with Gasteiger partial charge in [0.05, 0.1) is 12.5 Å². The van der Waals surface area contributed by atoms with Crippen LogP contribution in [0.15, 0.2) is 18.2 Å². The fourth-order valence-corrected chi connectivity index (χ4v) is 2.13. The van der Waals surface area contributed by atoms with E-state index in [1.165, 1.54) is 0 Å². The van der Waals surface area contributed by atoms with Crippen molar-refractivity contribution >= 4 is 5.91 Å². The van der Waals surface area contributed by atoms with Gasteiger partial charge in [0, 0.05) is 13.2 Å². The zero-order valence-electron chi connectivity index (χ0n) is 9.98. The highest BCUT2D eigenvalue weighted by atomic mass is 16.7. The first-order valence-corrected chi connectivity index (χ1v) is 6.07. The molecule has 1 amide bonds. The van der Waals surface area contributed by atoms with E-state index in [4.69, 9.17) is 14.2 Å². The summed E-state index contributed by atoms with van der Waals surface area (Å²) in [6, 6.07) is 5.69. The molecule has 5 nitrogen and oxygen atoms in total. The zero-order valence-corrected chi connectivity index (χ0v) is 9.98. The van der Waals surface area contributed by atoms with Crippen LogP contribution in [0.4, 0.5) is 0 Å². The van der Waals surface area contributed by atoms with Crippen LogP contribution in [0.3, 0.4) is 0 Å². The summed E-state index contributed by atoms with van der Waals surface area (Å²) in [6.07, 6.45) is 0.812. The maximum absolute atomic E-state index is 11.8. The number of hydrogen-bond donors (Lipinski definition) is 1. The first-order valence-electron chi connectivity index (χ1n) is 6.07. The zero-order chi connectivity index (χ0) is 12.4. The molecule has 1 saturated heterocycles. The predicted molar refractivity (Wildman–Crippen MR) is 63.3 cm³/mol. The Balaban J connectivity index is 1.58. The van der Waals surface area contributed by atoms with Crippen LogP contribution in [-0.4, -0.2) is 25.9 Å². The highest BCUT2D eigenvalue weighted by Crippen LogP contribution is 2.32. The summed E-state index contributed by atoms with van der Waals surface area (Å²) in [5.74, 6) is 1.56. The second-order valence-corrected chi connectivity index (χ2v) is 4.47. The van der Waals surface area contributed by atoms with Crippen molar-refractivity contribution < 1.29 is 19.0 Å². The third-order valence-corrected chi connectivity index (χ3v) is 3.20. The molecule has 2 aliphatic rings. The lowest BCUT2D eigenvalue weighted by Gasteiger charge is -2.09. The lowest BCUT2D eigenvalue weighted by atomic mass is 10.1. The van der Waals surface area contributed by atoms with Crippen LogP contribution in [0.2, 0.25) is 0 Å². The molecule has 0 radical (unpaired) electrons. The summed E-state index contributed by atoms with van der Waals surface area (Å²) >= 11 is 0. The van der Waals surface area contributed by atoms with Crippen molar-refractivity contribution in [2.75, 3.05) is 20.0 Å². The molecule has 96 valence electrons. The highest BCUT2D eigenvalue weighted by Gasteiger charge is 2.23. The molecule has 1 unspecified atom stereocenters. The van der Waals surface area contributed by atoms with E-state index in [0.29, 0.717) is 19.8 Å².